The van der Waals surface area contributed by atoms with Crippen LogP contribution in [0.15, 0.2) is 24.4 Å². The number of hydrogen-bond acceptors (Lipinski definition) is 2. The summed E-state index contributed by atoms with van der Waals surface area (Å²) < 4.78 is 1.81. The third-order valence-electron chi connectivity index (χ3n) is 2.79. The van der Waals surface area contributed by atoms with Crippen LogP contribution in [0.1, 0.15) is 12.6 Å². The predicted molar refractivity (Wildman–Crippen MR) is 92.4 cm³/mol. The second kappa shape index (κ2) is 7.31. The number of anilines is 1. The average molecular weight is 364 g/mol. The summed E-state index contributed by atoms with van der Waals surface area (Å²) in [6, 6.07) is 5.15. The van der Waals surface area contributed by atoms with Crippen molar-refractivity contribution in [1.29, 1.82) is 0 Å². The van der Waals surface area contributed by atoms with E-state index in [9.17, 15) is 0 Å². The Morgan fingerprint density at radius 3 is 2.71 bits per heavy atom. The van der Waals surface area contributed by atoms with E-state index in [2.05, 4.69) is 15.7 Å². The van der Waals surface area contributed by atoms with E-state index in [0.29, 0.717) is 32.4 Å². The molecule has 21 heavy (non-hydrogen) atoms. The topological polar surface area (TPSA) is 41.9 Å². The monoisotopic (exact) mass is 362 g/mol. The highest BCUT2D eigenvalue weighted by Crippen LogP contribution is 2.25. The summed E-state index contributed by atoms with van der Waals surface area (Å²) in [6.07, 6.45) is 1.62. The SMILES string of the molecule is CCn1ncc(Cl)c1CNC(=S)Nc1ccc(Cl)cc1Cl. The van der Waals surface area contributed by atoms with Gasteiger partial charge in [-0.2, -0.15) is 5.10 Å². The average Bonchev–Trinajstić information content (AvgIpc) is 2.80. The second-order valence-electron chi connectivity index (χ2n) is 4.19. The van der Waals surface area contributed by atoms with Gasteiger partial charge in [0.25, 0.3) is 0 Å². The zero-order chi connectivity index (χ0) is 15.4. The lowest BCUT2D eigenvalue weighted by molar-refractivity contribution is 0.614. The summed E-state index contributed by atoms with van der Waals surface area (Å²) >= 11 is 23.2. The van der Waals surface area contributed by atoms with Crippen LogP contribution in [-0.2, 0) is 13.1 Å². The van der Waals surface area contributed by atoms with Gasteiger partial charge in [0.2, 0.25) is 0 Å². The molecule has 1 aromatic heterocycles. The second-order valence-corrected chi connectivity index (χ2v) is 5.85. The van der Waals surface area contributed by atoms with Gasteiger partial charge in [-0.25, -0.2) is 0 Å². The van der Waals surface area contributed by atoms with Crippen molar-refractivity contribution in [3.05, 3.63) is 45.2 Å². The molecule has 2 rings (SSSR count). The first kappa shape index (κ1) is 16.4. The van der Waals surface area contributed by atoms with Gasteiger partial charge in [-0.1, -0.05) is 34.8 Å². The van der Waals surface area contributed by atoms with Gasteiger partial charge in [0.15, 0.2) is 5.11 Å². The van der Waals surface area contributed by atoms with Crippen molar-refractivity contribution in [3.8, 4) is 0 Å². The molecule has 0 spiro atoms. The van der Waals surface area contributed by atoms with Crippen LogP contribution in [0.2, 0.25) is 15.1 Å². The van der Waals surface area contributed by atoms with E-state index in [0.717, 1.165) is 12.2 Å². The van der Waals surface area contributed by atoms with Crippen molar-refractivity contribution in [2.75, 3.05) is 5.32 Å². The highest BCUT2D eigenvalue weighted by molar-refractivity contribution is 7.80. The van der Waals surface area contributed by atoms with Gasteiger partial charge < -0.3 is 10.6 Å². The van der Waals surface area contributed by atoms with E-state index in [1.54, 1.807) is 24.4 Å². The first-order valence-electron chi connectivity index (χ1n) is 6.21. The molecule has 8 heteroatoms. The van der Waals surface area contributed by atoms with E-state index >= 15 is 0 Å². The van der Waals surface area contributed by atoms with Crippen LogP contribution in [-0.4, -0.2) is 14.9 Å². The van der Waals surface area contributed by atoms with Crippen LogP contribution in [0.3, 0.4) is 0 Å². The number of thiocarbonyl (C=S) groups is 1. The Morgan fingerprint density at radius 2 is 2.05 bits per heavy atom. The third kappa shape index (κ3) is 4.23. The summed E-state index contributed by atoms with van der Waals surface area (Å²) in [4.78, 5) is 0. The first-order chi connectivity index (χ1) is 10.0. The van der Waals surface area contributed by atoms with Crippen LogP contribution < -0.4 is 10.6 Å². The van der Waals surface area contributed by atoms with Crippen molar-refractivity contribution in [2.45, 2.75) is 20.0 Å². The zero-order valence-corrected chi connectivity index (χ0v) is 14.2. The van der Waals surface area contributed by atoms with Gasteiger partial charge in [0.05, 0.1) is 34.2 Å². The minimum Gasteiger partial charge on any atom is -0.357 e. The lowest BCUT2D eigenvalue weighted by atomic mass is 10.3. The molecule has 0 aliphatic carbocycles. The molecular weight excluding hydrogens is 351 g/mol. The zero-order valence-electron chi connectivity index (χ0n) is 11.2. The Balaban J connectivity index is 1.97. The lowest BCUT2D eigenvalue weighted by Gasteiger charge is -2.12. The van der Waals surface area contributed by atoms with E-state index in [-0.39, 0.29) is 0 Å². The number of aromatic nitrogens is 2. The normalized spacial score (nSPS) is 10.5. The Hall–Kier alpha value is -1.01. The quantitative estimate of drug-likeness (QED) is 0.793. The molecule has 2 N–H and O–H groups in total. The van der Waals surface area contributed by atoms with Gasteiger partial charge in [0, 0.05) is 11.6 Å². The summed E-state index contributed by atoms with van der Waals surface area (Å²) in [5, 5.41) is 12.4. The Morgan fingerprint density at radius 1 is 1.29 bits per heavy atom. The molecule has 4 nitrogen and oxygen atoms in total. The smallest absolute Gasteiger partial charge is 0.171 e. The maximum atomic E-state index is 6.09. The molecule has 0 aliphatic rings. The van der Waals surface area contributed by atoms with Gasteiger partial charge in [-0.15, -0.1) is 0 Å². The molecule has 1 heterocycles. The van der Waals surface area contributed by atoms with E-state index in [1.807, 2.05) is 11.6 Å². The number of nitrogens with zero attached hydrogens (tertiary/aromatic N) is 2. The molecule has 0 unspecified atom stereocenters. The fraction of sp³-hybridized carbons (Fsp3) is 0.231. The summed E-state index contributed by atoms with van der Waals surface area (Å²) in [6.45, 7) is 3.22. The Kier molecular flexibility index (Phi) is 5.70. The number of halogens is 3. The summed E-state index contributed by atoms with van der Waals surface area (Å²) in [5.74, 6) is 0. The van der Waals surface area contributed by atoms with Gasteiger partial charge in [0.1, 0.15) is 0 Å². The van der Waals surface area contributed by atoms with Crippen molar-refractivity contribution < 1.29 is 0 Å². The minimum atomic E-state index is 0.444. The van der Waals surface area contributed by atoms with E-state index < -0.39 is 0 Å². The molecule has 0 saturated carbocycles. The van der Waals surface area contributed by atoms with Crippen molar-refractivity contribution in [3.63, 3.8) is 0 Å². The molecule has 1 aromatic carbocycles. The van der Waals surface area contributed by atoms with Crippen molar-refractivity contribution in [1.82, 2.24) is 15.1 Å². The number of hydrogen-bond donors (Lipinski definition) is 2. The fourth-order valence-electron chi connectivity index (χ4n) is 1.76. The van der Waals surface area contributed by atoms with Crippen LogP contribution in [0, 0.1) is 0 Å². The molecule has 0 aliphatic heterocycles. The van der Waals surface area contributed by atoms with Gasteiger partial charge >= 0.3 is 0 Å². The third-order valence-corrected chi connectivity index (χ3v) is 3.90. The van der Waals surface area contributed by atoms with E-state index in [4.69, 9.17) is 47.0 Å². The summed E-state index contributed by atoms with van der Waals surface area (Å²) in [5.41, 5.74) is 1.57. The molecule has 0 amide bonds. The molecule has 0 saturated heterocycles. The molecular formula is C13H13Cl3N4S. The van der Waals surface area contributed by atoms with E-state index in [1.165, 1.54) is 0 Å². The largest absolute Gasteiger partial charge is 0.357 e. The highest BCUT2D eigenvalue weighted by Gasteiger charge is 2.09. The molecule has 0 bridgehead atoms. The molecule has 0 atom stereocenters. The minimum absolute atomic E-state index is 0.444. The number of rotatable bonds is 4. The number of aryl methyl sites for hydroxylation is 1. The van der Waals surface area contributed by atoms with Crippen LogP contribution >= 0.6 is 47.0 Å². The Bertz CT molecular complexity index is 657. The molecule has 0 radical (unpaired) electrons. The van der Waals surface area contributed by atoms with Crippen LogP contribution in [0.5, 0.6) is 0 Å². The highest BCUT2D eigenvalue weighted by atomic mass is 35.5. The van der Waals surface area contributed by atoms with Gasteiger partial charge in [-0.3, -0.25) is 4.68 Å². The van der Waals surface area contributed by atoms with Crippen LogP contribution in [0.4, 0.5) is 5.69 Å². The maximum absolute atomic E-state index is 6.09. The van der Waals surface area contributed by atoms with Crippen LogP contribution in [0.25, 0.3) is 0 Å². The fourth-order valence-corrected chi connectivity index (χ4v) is 2.60. The molecule has 0 fully saturated rings. The summed E-state index contributed by atoms with van der Waals surface area (Å²) in [7, 11) is 0. The molecule has 112 valence electrons. The van der Waals surface area contributed by atoms with Crippen molar-refractivity contribution >= 4 is 57.8 Å². The van der Waals surface area contributed by atoms with Gasteiger partial charge in [-0.05, 0) is 37.3 Å². The predicted octanol–water partition coefficient (Wildman–Crippen LogP) is 4.35. The number of nitrogens with one attached hydrogen (secondary N) is 2. The number of benzene rings is 1. The maximum Gasteiger partial charge on any atom is 0.171 e. The lowest BCUT2D eigenvalue weighted by Crippen LogP contribution is -2.29. The first-order valence-corrected chi connectivity index (χ1v) is 7.75. The van der Waals surface area contributed by atoms with Crippen molar-refractivity contribution in [2.24, 2.45) is 0 Å². The standard InChI is InChI=1S/C13H13Cl3N4S/c1-2-20-12(10(16)6-18-20)7-17-13(21)19-11-4-3-8(14)5-9(11)15/h3-6H,2,7H2,1H3,(H2,17,19,21). The molecule has 2 aromatic rings. The Labute approximate surface area is 143 Å².